The maximum absolute atomic E-state index is 13.1. The van der Waals surface area contributed by atoms with Gasteiger partial charge in [0.05, 0.1) is 12.3 Å². The zero-order chi connectivity index (χ0) is 23.6. The summed E-state index contributed by atoms with van der Waals surface area (Å²) in [5, 5.41) is 4.67. The van der Waals surface area contributed by atoms with Crippen molar-refractivity contribution in [3.63, 3.8) is 0 Å². The van der Waals surface area contributed by atoms with Crippen LogP contribution in [0.15, 0.2) is 30.3 Å². The van der Waals surface area contributed by atoms with Gasteiger partial charge in [0.1, 0.15) is 0 Å². The van der Waals surface area contributed by atoms with Gasteiger partial charge in [-0.2, -0.15) is 18.3 Å². The summed E-state index contributed by atoms with van der Waals surface area (Å²) in [7, 11) is 0. The fourth-order valence-electron chi connectivity index (χ4n) is 4.33. The maximum Gasteiger partial charge on any atom is 0.435 e. The molecule has 1 N–H and O–H groups in total. The topological polar surface area (TPSA) is 63.1 Å². The van der Waals surface area contributed by atoms with Crippen LogP contribution in [0.1, 0.15) is 56.8 Å². The van der Waals surface area contributed by atoms with Crippen LogP contribution in [0.5, 0.6) is 0 Å². The number of H-pyrrole nitrogens is 1. The lowest BCUT2D eigenvalue weighted by Crippen LogP contribution is -2.38. The molecule has 1 aliphatic heterocycles. The van der Waals surface area contributed by atoms with Crippen molar-refractivity contribution in [2.75, 3.05) is 19.7 Å². The third-order valence-electron chi connectivity index (χ3n) is 6.22. The molecule has 178 valence electrons. The van der Waals surface area contributed by atoms with Crippen molar-refractivity contribution in [3.05, 3.63) is 41.7 Å². The van der Waals surface area contributed by atoms with Gasteiger partial charge in [-0.05, 0) is 50.5 Å². The molecule has 4 rings (SSSR count). The Balaban J connectivity index is 1.48. The SMILES string of the molecule is CCCCOC(=O)N1CCC(c2cc3cc(-c4cc(C(F)(F)F)nn4CC)ccc3[nH]2)CC1. The molecule has 1 fully saturated rings. The lowest BCUT2D eigenvalue weighted by Gasteiger charge is -2.30. The van der Waals surface area contributed by atoms with Crippen LogP contribution < -0.4 is 0 Å². The van der Waals surface area contributed by atoms with Crippen molar-refractivity contribution >= 4 is 17.0 Å². The molecule has 3 aromatic rings. The minimum Gasteiger partial charge on any atom is -0.449 e. The highest BCUT2D eigenvalue weighted by atomic mass is 19.4. The predicted molar refractivity (Wildman–Crippen MR) is 120 cm³/mol. The highest BCUT2D eigenvalue weighted by Crippen LogP contribution is 2.34. The Morgan fingerprint density at radius 1 is 1.18 bits per heavy atom. The number of hydrogen-bond acceptors (Lipinski definition) is 3. The number of carbonyl (C=O) groups is 1. The number of hydrogen-bond donors (Lipinski definition) is 1. The highest BCUT2D eigenvalue weighted by Gasteiger charge is 2.35. The second-order valence-corrected chi connectivity index (χ2v) is 8.48. The third-order valence-corrected chi connectivity index (χ3v) is 6.22. The summed E-state index contributed by atoms with van der Waals surface area (Å²) in [6, 6.07) is 8.79. The van der Waals surface area contributed by atoms with Gasteiger partial charge in [-0.15, -0.1) is 0 Å². The largest absolute Gasteiger partial charge is 0.449 e. The Labute approximate surface area is 190 Å². The Bertz CT molecular complexity index is 1110. The number of aryl methyl sites for hydroxylation is 1. The number of piperidine rings is 1. The number of rotatable bonds is 6. The Morgan fingerprint density at radius 3 is 2.61 bits per heavy atom. The molecule has 1 aliphatic rings. The Kier molecular flexibility index (Phi) is 6.67. The number of fused-ring (bicyclic) bond motifs is 1. The minimum atomic E-state index is -4.47. The van der Waals surface area contributed by atoms with E-state index in [-0.39, 0.29) is 6.09 Å². The number of benzene rings is 1. The van der Waals surface area contributed by atoms with Crippen LogP contribution in [0.25, 0.3) is 22.2 Å². The predicted octanol–water partition coefficient (Wildman–Crippen LogP) is 6.19. The number of amides is 1. The molecule has 6 nitrogen and oxygen atoms in total. The molecule has 33 heavy (non-hydrogen) atoms. The maximum atomic E-state index is 13.1. The van der Waals surface area contributed by atoms with Crippen molar-refractivity contribution in [3.8, 4) is 11.3 Å². The number of ether oxygens (including phenoxy) is 1. The van der Waals surface area contributed by atoms with Crippen LogP contribution in [-0.2, 0) is 17.5 Å². The van der Waals surface area contributed by atoms with Crippen LogP contribution in [-0.4, -0.2) is 45.5 Å². The first kappa shape index (κ1) is 23.2. The van der Waals surface area contributed by atoms with Crippen LogP contribution in [0, 0.1) is 0 Å². The van der Waals surface area contributed by atoms with Crippen molar-refractivity contribution in [2.45, 2.75) is 58.2 Å². The quantitative estimate of drug-likeness (QED) is 0.445. The van der Waals surface area contributed by atoms with Crippen molar-refractivity contribution in [1.82, 2.24) is 19.7 Å². The van der Waals surface area contributed by atoms with Gasteiger partial charge in [-0.3, -0.25) is 4.68 Å². The van der Waals surface area contributed by atoms with Gasteiger partial charge in [0, 0.05) is 47.7 Å². The number of likely N-dealkylation sites (tertiary alicyclic amines) is 1. The van der Waals surface area contributed by atoms with Crippen LogP contribution in [0.3, 0.4) is 0 Å². The number of aromatic nitrogens is 3. The fourth-order valence-corrected chi connectivity index (χ4v) is 4.33. The molecular formula is C24H29F3N4O2. The fraction of sp³-hybridized carbons (Fsp3) is 0.500. The zero-order valence-corrected chi connectivity index (χ0v) is 18.9. The van der Waals surface area contributed by atoms with Crippen molar-refractivity contribution in [1.29, 1.82) is 0 Å². The summed E-state index contributed by atoms with van der Waals surface area (Å²) < 4.78 is 46.1. The van der Waals surface area contributed by atoms with Gasteiger partial charge in [0.15, 0.2) is 5.69 Å². The molecule has 0 aliphatic carbocycles. The summed E-state index contributed by atoms with van der Waals surface area (Å²) >= 11 is 0. The van der Waals surface area contributed by atoms with E-state index in [2.05, 4.69) is 23.1 Å². The first-order valence-electron chi connectivity index (χ1n) is 11.5. The molecule has 0 spiro atoms. The molecule has 0 atom stereocenters. The summed E-state index contributed by atoms with van der Waals surface area (Å²) in [5.41, 5.74) is 2.29. The van der Waals surface area contributed by atoms with Crippen molar-refractivity contribution < 1.29 is 22.7 Å². The summed E-state index contributed by atoms with van der Waals surface area (Å²) in [6.45, 7) is 5.93. The third kappa shape index (κ3) is 5.02. The van der Waals surface area contributed by atoms with Gasteiger partial charge in [-0.25, -0.2) is 4.79 Å². The monoisotopic (exact) mass is 462 g/mol. The number of halogens is 3. The Hall–Kier alpha value is -2.97. The summed E-state index contributed by atoms with van der Waals surface area (Å²) in [5.74, 6) is 0.290. The van der Waals surface area contributed by atoms with Gasteiger partial charge in [0.25, 0.3) is 0 Å². The van der Waals surface area contributed by atoms with Crippen molar-refractivity contribution in [2.24, 2.45) is 0 Å². The van der Waals surface area contributed by atoms with E-state index in [1.807, 2.05) is 18.2 Å². The van der Waals surface area contributed by atoms with Crippen LogP contribution in [0.2, 0.25) is 0 Å². The molecule has 9 heteroatoms. The molecule has 1 aromatic carbocycles. The number of nitrogens with zero attached hydrogens (tertiary/aromatic N) is 3. The van der Waals surface area contributed by atoms with Gasteiger partial charge in [0.2, 0.25) is 0 Å². The van der Waals surface area contributed by atoms with Crippen LogP contribution in [0.4, 0.5) is 18.0 Å². The number of unbranched alkanes of at least 4 members (excludes halogenated alkanes) is 1. The van der Waals surface area contributed by atoms with Gasteiger partial charge < -0.3 is 14.6 Å². The smallest absolute Gasteiger partial charge is 0.435 e. The summed E-state index contributed by atoms with van der Waals surface area (Å²) in [6.07, 6.45) is -1.19. The molecule has 3 heterocycles. The molecule has 0 unspecified atom stereocenters. The van der Waals surface area contributed by atoms with Gasteiger partial charge in [-0.1, -0.05) is 19.4 Å². The first-order chi connectivity index (χ1) is 15.8. The van der Waals surface area contributed by atoms with Gasteiger partial charge >= 0.3 is 12.3 Å². The molecular weight excluding hydrogens is 433 g/mol. The average molecular weight is 463 g/mol. The second kappa shape index (κ2) is 9.49. The van der Waals surface area contributed by atoms with Crippen LogP contribution >= 0.6 is 0 Å². The zero-order valence-electron chi connectivity index (χ0n) is 18.9. The molecule has 0 bridgehead atoms. The second-order valence-electron chi connectivity index (χ2n) is 8.48. The number of nitrogens with one attached hydrogen (secondary N) is 1. The van der Waals surface area contributed by atoms with E-state index in [1.165, 1.54) is 4.68 Å². The molecule has 0 radical (unpaired) electrons. The van der Waals surface area contributed by atoms with E-state index >= 15 is 0 Å². The van der Waals surface area contributed by atoms with E-state index < -0.39 is 11.9 Å². The highest BCUT2D eigenvalue weighted by molar-refractivity contribution is 5.85. The Morgan fingerprint density at radius 2 is 1.94 bits per heavy atom. The normalized spacial score (nSPS) is 15.4. The van der Waals surface area contributed by atoms with E-state index in [0.29, 0.717) is 43.4 Å². The average Bonchev–Trinajstić information content (AvgIpc) is 3.43. The van der Waals surface area contributed by atoms with E-state index in [0.717, 1.165) is 48.3 Å². The first-order valence-corrected chi connectivity index (χ1v) is 11.5. The van der Waals surface area contributed by atoms with E-state index in [4.69, 9.17) is 4.74 Å². The molecule has 1 amide bonds. The number of carbonyl (C=O) groups excluding carboxylic acids is 1. The molecule has 2 aromatic heterocycles. The molecule has 1 saturated heterocycles. The lowest BCUT2D eigenvalue weighted by molar-refractivity contribution is -0.141. The standard InChI is InChI=1S/C24H29F3N4O2/c1-3-5-12-33-23(32)30-10-8-16(9-11-30)20-14-18-13-17(6-7-19(18)28-20)21-15-22(24(25,26)27)29-31(21)4-2/h6-7,13-16,28H,3-5,8-12H2,1-2H3. The van der Waals surface area contributed by atoms with E-state index in [9.17, 15) is 18.0 Å². The summed E-state index contributed by atoms with van der Waals surface area (Å²) in [4.78, 5) is 17.4. The number of alkyl halides is 3. The van der Waals surface area contributed by atoms with E-state index in [1.54, 1.807) is 11.8 Å². The molecule has 0 saturated carbocycles. The lowest BCUT2D eigenvalue weighted by atomic mass is 9.94. The minimum absolute atomic E-state index is 0.242. The number of aromatic amines is 1.